The summed E-state index contributed by atoms with van der Waals surface area (Å²) >= 11 is 0. The van der Waals surface area contributed by atoms with E-state index in [1.54, 1.807) is 43.2 Å². The van der Waals surface area contributed by atoms with Gasteiger partial charge in [0.1, 0.15) is 19.3 Å². The first-order valence-corrected chi connectivity index (χ1v) is 11.3. The second-order valence-corrected chi connectivity index (χ2v) is 8.61. The van der Waals surface area contributed by atoms with Crippen LogP contribution in [-0.2, 0) is 11.3 Å². The number of nitrogens with zero attached hydrogens (tertiary/aromatic N) is 2. The van der Waals surface area contributed by atoms with Gasteiger partial charge in [-0.25, -0.2) is 0 Å². The molecule has 0 aliphatic carbocycles. The highest BCUT2D eigenvalue weighted by molar-refractivity contribution is 6.16. The fourth-order valence-electron chi connectivity index (χ4n) is 3.47. The van der Waals surface area contributed by atoms with E-state index in [0.29, 0.717) is 35.8 Å². The molecule has 1 amide bonds. The SMILES string of the molecule is [B]C(C)(C)N(Cc1ccccc1OCCCCCC(=O)O)C(=O)c1ccc(-c2ccco2)nc1. The van der Waals surface area contributed by atoms with Gasteiger partial charge in [0.05, 0.1) is 18.4 Å². The number of unbranched alkanes of at least 4 members (excludes halogenated alkanes) is 2. The summed E-state index contributed by atoms with van der Waals surface area (Å²) in [6.07, 6.45) is 5.41. The van der Waals surface area contributed by atoms with Crippen LogP contribution in [-0.4, -0.2) is 46.8 Å². The third-order valence-electron chi connectivity index (χ3n) is 5.32. The second-order valence-electron chi connectivity index (χ2n) is 8.61. The van der Waals surface area contributed by atoms with Crippen molar-refractivity contribution in [2.75, 3.05) is 6.61 Å². The number of para-hydroxylation sites is 1. The van der Waals surface area contributed by atoms with Gasteiger partial charge in [-0.2, -0.15) is 0 Å². The van der Waals surface area contributed by atoms with Gasteiger partial charge in [0.2, 0.25) is 0 Å². The summed E-state index contributed by atoms with van der Waals surface area (Å²) in [5, 5.41) is 8.74. The van der Waals surface area contributed by atoms with Crippen molar-refractivity contribution in [1.29, 1.82) is 0 Å². The lowest BCUT2D eigenvalue weighted by atomic mass is 9.79. The van der Waals surface area contributed by atoms with Gasteiger partial charge < -0.3 is 19.2 Å². The molecule has 2 aromatic heterocycles. The topological polar surface area (TPSA) is 92.9 Å². The number of pyridine rings is 1. The van der Waals surface area contributed by atoms with Gasteiger partial charge in [0.15, 0.2) is 5.76 Å². The second kappa shape index (κ2) is 11.5. The number of furan rings is 1. The molecule has 2 heterocycles. The van der Waals surface area contributed by atoms with E-state index in [1.165, 1.54) is 6.20 Å². The Morgan fingerprint density at radius 1 is 1.09 bits per heavy atom. The van der Waals surface area contributed by atoms with Crippen LogP contribution in [0.5, 0.6) is 5.75 Å². The Morgan fingerprint density at radius 3 is 2.53 bits per heavy atom. The van der Waals surface area contributed by atoms with Crippen LogP contribution in [0.4, 0.5) is 0 Å². The summed E-state index contributed by atoms with van der Waals surface area (Å²) < 4.78 is 11.3. The largest absolute Gasteiger partial charge is 0.493 e. The number of aliphatic carboxylic acids is 1. The normalized spacial score (nSPS) is 11.2. The fraction of sp³-hybridized carbons (Fsp3) is 0.346. The number of rotatable bonds is 12. The zero-order valence-corrected chi connectivity index (χ0v) is 19.6. The number of carboxylic acids is 1. The Bertz CT molecular complexity index is 1080. The van der Waals surface area contributed by atoms with Crippen LogP contribution in [0.25, 0.3) is 11.5 Å². The van der Waals surface area contributed by atoms with Crippen LogP contribution in [0.3, 0.4) is 0 Å². The minimum Gasteiger partial charge on any atom is -0.493 e. The molecule has 0 saturated carbocycles. The number of ether oxygens (including phenoxy) is 1. The molecule has 8 heteroatoms. The maximum atomic E-state index is 13.4. The fourth-order valence-corrected chi connectivity index (χ4v) is 3.47. The lowest BCUT2D eigenvalue weighted by Crippen LogP contribution is -2.47. The van der Waals surface area contributed by atoms with E-state index in [4.69, 9.17) is 22.1 Å². The number of carbonyl (C=O) groups is 2. The maximum absolute atomic E-state index is 13.4. The predicted molar refractivity (Wildman–Crippen MR) is 130 cm³/mol. The van der Waals surface area contributed by atoms with Crippen LogP contribution >= 0.6 is 0 Å². The Kier molecular flexibility index (Phi) is 8.52. The van der Waals surface area contributed by atoms with E-state index in [-0.39, 0.29) is 18.9 Å². The molecule has 0 aliphatic rings. The number of carboxylic acid groups (broad SMARTS) is 1. The number of benzene rings is 1. The number of hydrogen-bond donors (Lipinski definition) is 1. The molecule has 3 aromatic rings. The van der Waals surface area contributed by atoms with Gasteiger partial charge in [-0.1, -0.05) is 32.0 Å². The summed E-state index contributed by atoms with van der Waals surface area (Å²) in [6, 6.07) is 14.6. The average Bonchev–Trinajstić information content (AvgIpc) is 3.34. The predicted octanol–water partition coefficient (Wildman–Crippen LogP) is 4.91. The highest BCUT2D eigenvalue weighted by atomic mass is 16.5. The Balaban J connectivity index is 1.69. The standard InChI is InChI=1S/C26H29BN2O5/c1-26(2,27)29(25(32)19-13-14-21(28-17-19)23-11-8-16-34-23)18-20-9-5-6-10-22(20)33-15-7-3-4-12-24(30)31/h5-6,8-11,13-14,16-17H,3-4,7,12,15,18H2,1-2H3,(H,30,31). The molecule has 34 heavy (non-hydrogen) atoms. The lowest BCUT2D eigenvalue weighted by Gasteiger charge is -2.37. The van der Waals surface area contributed by atoms with Gasteiger partial charge in [-0.15, -0.1) is 0 Å². The highest BCUT2D eigenvalue weighted by Gasteiger charge is 2.28. The van der Waals surface area contributed by atoms with Gasteiger partial charge in [0.25, 0.3) is 5.91 Å². The quantitative estimate of drug-likeness (QED) is 0.305. The summed E-state index contributed by atoms with van der Waals surface area (Å²) in [4.78, 5) is 30.0. The smallest absolute Gasteiger partial charge is 0.303 e. The molecular formula is C26H29BN2O5. The van der Waals surface area contributed by atoms with Crippen LogP contribution in [0, 0.1) is 0 Å². The molecule has 1 aromatic carbocycles. The van der Waals surface area contributed by atoms with Gasteiger partial charge in [0, 0.05) is 24.7 Å². The number of amides is 1. The summed E-state index contributed by atoms with van der Waals surface area (Å²) in [5.74, 6) is 0.277. The van der Waals surface area contributed by atoms with Crippen LogP contribution < -0.4 is 4.74 Å². The van der Waals surface area contributed by atoms with Crippen molar-refractivity contribution in [1.82, 2.24) is 9.88 Å². The van der Waals surface area contributed by atoms with Crippen molar-refractivity contribution in [3.63, 3.8) is 0 Å². The molecule has 2 radical (unpaired) electrons. The zero-order chi connectivity index (χ0) is 24.6. The maximum Gasteiger partial charge on any atom is 0.303 e. The zero-order valence-electron chi connectivity index (χ0n) is 19.6. The van der Waals surface area contributed by atoms with Crippen molar-refractivity contribution < 1.29 is 23.8 Å². The summed E-state index contributed by atoms with van der Waals surface area (Å²) in [6.45, 7) is 4.29. The molecule has 1 N–H and O–H groups in total. The van der Waals surface area contributed by atoms with Gasteiger partial charge >= 0.3 is 5.97 Å². The van der Waals surface area contributed by atoms with Crippen molar-refractivity contribution in [3.8, 4) is 17.2 Å². The first-order valence-electron chi connectivity index (χ1n) is 11.3. The van der Waals surface area contributed by atoms with Gasteiger partial charge in [-0.3, -0.25) is 14.6 Å². The van der Waals surface area contributed by atoms with Crippen molar-refractivity contribution in [2.24, 2.45) is 0 Å². The Labute approximate surface area is 201 Å². The van der Waals surface area contributed by atoms with E-state index < -0.39 is 11.4 Å². The van der Waals surface area contributed by atoms with Crippen molar-refractivity contribution in [2.45, 2.75) is 51.5 Å². The minimum absolute atomic E-state index is 0.163. The van der Waals surface area contributed by atoms with Crippen LogP contribution in [0.1, 0.15) is 55.5 Å². The van der Waals surface area contributed by atoms with E-state index in [9.17, 15) is 9.59 Å². The first-order chi connectivity index (χ1) is 16.3. The first kappa shape index (κ1) is 25.1. The molecule has 3 rings (SSSR count). The third kappa shape index (κ3) is 6.97. The van der Waals surface area contributed by atoms with Crippen LogP contribution in [0.15, 0.2) is 65.4 Å². The number of carbonyl (C=O) groups excluding carboxylic acids is 1. The Hall–Kier alpha value is -3.55. The van der Waals surface area contributed by atoms with E-state index in [0.717, 1.165) is 18.4 Å². The number of aromatic nitrogens is 1. The van der Waals surface area contributed by atoms with Crippen molar-refractivity contribution in [3.05, 3.63) is 72.1 Å². The molecular weight excluding hydrogens is 431 g/mol. The molecule has 0 atom stereocenters. The third-order valence-corrected chi connectivity index (χ3v) is 5.32. The minimum atomic E-state index is -0.930. The molecule has 176 valence electrons. The summed E-state index contributed by atoms with van der Waals surface area (Å²) in [5.41, 5.74) is 0.966. The summed E-state index contributed by atoms with van der Waals surface area (Å²) in [7, 11) is 6.38. The van der Waals surface area contributed by atoms with E-state index in [1.807, 2.05) is 30.3 Å². The van der Waals surface area contributed by atoms with Gasteiger partial charge in [-0.05, 0) is 55.0 Å². The molecule has 0 fully saturated rings. The van der Waals surface area contributed by atoms with Crippen molar-refractivity contribution >= 4 is 19.7 Å². The molecule has 0 spiro atoms. The number of hydrogen-bond acceptors (Lipinski definition) is 5. The average molecular weight is 460 g/mol. The van der Waals surface area contributed by atoms with E-state index >= 15 is 0 Å². The monoisotopic (exact) mass is 460 g/mol. The van der Waals surface area contributed by atoms with E-state index in [2.05, 4.69) is 4.98 Å². The highest BCUT2D eigenvalue weighted by Crippen LogP contribution is 2.26. The molecule has 0 unspecified atom stereocenters. The Morgan fingerprint density at radius 2 is 1.88 bits per heavy atom. The molecule has 0 saturated heterocycles. The lowest BCUT2D eigenvalue weighted by molar-refractivity contribution is -0.137. The molecule has 0 aliphatic heterocycles. The molecule has 0 bridgehead atoms. The van der Waals surface area contributed by atoms with Crippen LogP contribution in [0.2, 0.25) is 0 Å². The molecule has 7 nitrogen and oxygen atoms in total.